The molecule has 0 amide bonds. The molecule has 3 aromatic rings. The third-order valence-corrected chi connectivity index (χ3v) is 5.15. The number of methoxy groups -OCH3 is 1. The fraction of sp³-hybridized carbons (Fsp3) is 0.368. The first-order chi connectivity index (χ1) is 13.5. The summed E-state index contributed by atoms with van der Waals surface area (Å²) < 4.78 is 17.4. The fourth-order valence-electron chi connectivity index (χ4n) is 2.88. The number of nitrogens with zero attached hydrogens (tertiary/aromatic N) is 3. The maximum absolute atomic E-state index is 12.7. The van der Waals surface area contributed by atoms with Crippen LogP contribution in [0.25, 0.3) is 11.7 Å². The van der Waals surface area contributed by atoms with Gasteiger partial charge in [0.15, 0.2) is 11.5 Å². The highest BCUT2D eigenvalue weighted by atomic mass is 32.2. The van der Waals surface area contributed by atoms with E-state index in [1.165, 1.54) is 25.1 Å². The van der Waals surface area contributed by atoms with Crippen LogP contribution in [0.15, 0.2) is 38.5 Å². The number of hydrogen-bond donors (Lipinski definition) is 0. The molecule has 148 valence electrons. The van der Waals surface area contributed by atoms with Crippen molar-refractivity contribution in [2.24, 2.45) is 0 Å². The molecule has 0 aliphatic carbocycles. The molecule has 3 heterocycles. The molecule has 3 aromatic heterocycles. The Bertz CT molecular complexity index is 959. The van der Waals surface area contributed by atoms with E-state index in [2.05, 4.69) is 14.9 Å². The number of rotatable bonds is 9. The topological polar surface area (TPSA) is 100 Å². The van der Waals surface area contributed by atoms with E-state index in [0.717, 1.165) is 11.4 Å². The van der Waals surface area contributed by atoms with Crippen LogP contribution in [0.5, 0.6) is 0 Å². The Morgan fingerprint density at radius 3 is 2.82 bits per heavy atom. The smallest absolute Gasteiger partial charge is 0.305 e. The van der Waals surface area contributed by atoms with Gasteiger partial charge in [-0.25, -0.2) is 0 Å². The van der Waals surface area contributed by atoms with Gasteiger partial charge < -0.3 is 18.1 Å². The lowest BCUT2D eigenvalue weighted by Gasteiger charge is -2.09. The van der Waals surface area contributed by atoms with Gasteiger partial charge in [0.05, 0.1) is 19.1 Å². The Morgan fingerprint density at radius 2 is 2.11 bits per heavy atom. The summed E-state index contributed by atoms with van der Waals surface area (Å²) in [6.07, 6.45) is 2.53. The third kappa shape index (κ3) is 4.53. The maximum Gasteiger partial charge on any atom is 0.305 e. The van der Waals surface area contributed by atoms with Crippen molar-refractivity contribution in [1.82, 2.24) is 14.8 Å². The van der Waals surface area contributed by atoms with Crippen LogP contribution in [0.2, 0.25) is 0 Å². The van der Waals surface area contributed by atoms with Gasteiger partial charge >= 0.3 is 5.97 Å². The molecule has 9 heteroatoms. The molecule has 0 N–H and O–H groups in total. The highest BCUT2D eigenvalue weighted by molar-refractivity contribution is 7.99. The molecule has 0 bridgehead atoms. The Hall–Kier alpha value is -2.81. The number of thioether (sulfide) groups is 1. The van der Waals surface area contributed by atoms with Crippen LogP contribution in [0.4, 0.5) is 0 Å². The van der Waals surface area contributed by atoms with Crippen molar-refractivity contribution in [1.29, 1.82) is 0 Å². The number of hydrogen-bond acceptors (Lipinski definition) is 8. The van der Waals surface area contributed by atoms with E-state index in [4.69, 9.17) is 8.83 Å². The minimum absolute atomic E-state index is 0.0185. The van der Waals surface area contributed by atoms with Crippen LogP contribution in [0.3, 0.4) is 0 Å². The summed E-state index contributed by atoms with van der Waals surface area (Å²) in [6, 6.07) is 5.33. The standard InChI is InChI=1S/C19H21N3O5S/c1-12-10-14(13(2)22(12)8-4-7-17(24)25-3)15(23)11-28-19-21-20-18(27-19)16-6-5-9-26-16/h5-6,9-10H,4,7-8,11H2,1-3H3. The molecule has 3 rings (SSSR count). The Morgan fingerprint density at radius 1 is 1.29 bits per heavy atom. The van der Waals surface area contributed by atoms with Crippen molar-refractivity contribution in [3.63, 3.8) is 0 Å². The number of furan rings is 1. The summed E-state index contributed by atoms with van der Waals surface area (Å²) >= 11 is 1.19. The highest BCUT2D eigenvalue weighted by Gasteiger charge is 2.18. The number of carbonyl (C=O) groups excluding carboxylic acids is 2. The van der Waals surface area contributed by atoms with E-state index < -0.39 is 0 Å². The van der Waals surface area contributed by atoms with Crippen LogP contribution in [-0.4, -0.2) is 39.4 Å². The van der Waals surface area contributed by atoms with Gasteiger partial charge in [-0.05, 0) is 38.5 Å². The van der Waals surface area contributed by atoms with Gasteiger partial charge in [-0.15, -0.1) is 10.2 Å². The second-order valence-corrected chi connectivity index (χ2v) is 7.10. The van der Waals surface area contributed by atoms with Gasteiger partial charge in [0.1, 0.15) is 0 Å². The lowest BCUT2D eigenvalue weighted by Crippen LogP contribution is -2.08. The molecule has 28 heavy (non-hydrogen) atoms. The van der Waals surface area contributed by atoms with Crippen molar-refractivity contribution in [2.45, 2.75) is 38.5 Å². The van der Waals surface area contributed by atoms with Crippen LogP contribution in [0.1, 0.15) is 34.6 Å². The quantitative estimate of drug-likeness (QED) is 0.303. The van der Waals surface area contributed by atoms with E-state index in [1.807, 2.05) is 24.5 Å². The van der Waals surface area contributed by atoms with Gasteiger partial charge in [0, 0.05) is 29.9 Å². The second-order valence-electron chi connectivity index (χ2n) is 6.18. The summed E-state index contributed by atoms with van der Waals surface area (Å²) in [5, 5.41) is 8.16. The van der Waals surface area contributed by atoms with Crippen molar-refractivity contribution in [3.05, 3.63) is 41.4 Å². The van der Waals surface area contributed by atoms with Crippen molar-refractivity contribution in [2.75, 3.05) is 12.9 Å². The number of Topliss-reactive ketones (excluding diaryl/α,β-unsaturated/α-hetero) is 1. The summed E-state index contributed by atoms with van der Waals surface area (Å²) in [6.45, 7) is 4.51. The third-order valence-electron chi connectivity index (χ3n) is 4.33. The number of esters is 1. The minimum Gasteiger partial charge on any atom is -0.469 e. The highest BCUT2D eigenvalue weighted by Crippen LogP contribution is 2.25. The molecule has 0 fully saturated rings. The van der Waals surface area contributed by atoms with Crippen LogP contribution in [-0.2, 0) is 16.1 Å². The molecule has 0 atom stereocenters. The predicted molar refractivity (Wildman–Crippen MR) is 102 cm³/mol. The van der Waals surface area contributed by atoms with Crippen molar-refractivity contribution < 1.29 is 23.2 Å². The van der Waals surface area contributed by atoms with Gasteiger partial charge in [-0.2, -0.15) is 0 Å². The number of aryl methyl sites for hydroxylation is 1. The van der Waals surface area contributed by atoms with E-state index in [0.29, 0.717) is 35.9 Å². The summed E-state index contributed by atoms with van der Waals surface area (Å²) in [5.41, 5.74) is 2.53. The average molecular weight is 403 g/mol. The van der Waals surface area contributed by atoms with E-state index in [9.17, 15) is 9.59 Å². The first kappa shape index (κ1) is 19.9. The largest absolute Gasteiger partial charge is 0.469 e. The maximum atomic E-state index is 12.7. The molecule has 8 nitrogen and oxygen atoms in total. The van der Waals surface area contributed by atoms with E-state index in [1.54, 1.807) is 12.1 Å². The Kier molecular flexibility index (Phi) is 6.35. The van der Waals surface area contributed by atoms with Gasteiger partial charge in [0.2, 0.25) is 0 Å². The summed E-state index contributed by atoms with van der Waals surface area (Å²) in [4.78, 5) is 23.9. The normalized spacial score (nSPS) is 11.0. The zero-order chi connectivity index (χ0) is 20.1. The fourth-order valence-corrected chi connectivity index (χ4v) is 3.53. The summed E-state index contributed by atoms with van der Waals surface area (Å²) in [7, 11) is 1.38. The first-order valence-corrected chi connectivity index (χ1v) is 9.75. The van der Waals surface area contributed by atoms with Crippen LogP contribution in [0, 0.1) is 13.8 Å². The second kappa shape index (κ2) is 8.92. The molecule has 0 spiro atoms. The molecule has 0 aromatic carbocycles. The molecule has 0 saturated carbocycles. The van der Waals surface area contributed by atoms with E-state index >= 15 is 0 Å². The van der Waals surface area contributed by atoms with Gasteiger partial charge in [-0.3, -0.25) is 9.59 Å². The molecular weight excluding hydrogens is 382 g/mol. The molecular formula is C19H21N3O5S. The number of carbonyl (C=O) groups is 2. The van der Waals surface area contributed by atoms with Crippen molar-refractivity contribution in [3.8, 4) is 11.7 Å². The van der Waals surface area contributed by atoms with Gasteiger partial charge in [0.25, 0.3) is 11.1 Å². The predicted octanol–water partition coefficient (Wildman–Crippen LogP) is 3.68. The first-order valence-electron chi connectivity index (χ1n) is 8.76. The molecule has 0 saturated heterocycles. The van der Waals surface area contributed by atoms with Crippen LogP contribution < -0.4 is 0 Å². The minimum atomic E-state index is -0.233. The van der Waals surface area contributed by atoms with Crippen LogP contribution >= 0.6 is 11.8 Å². The molecule has 0 unspecified atom stereocenters. The Labute approximate surface area is 166 Å². The average Bonchev–Trinajstić information content (AvgIpc) is 3.42. The zero-order valence-corrected chi connectivity index (χ0v) is 16.7. The van der Waals surface area contributed by atoms with E-state index in [-0.39, 0.29) is 23.4 Å². The SMILES string of the molecule is COC(=O)CCCn1c(C)cc(C(=O)CSc2nnc(-c3ccco3)o2)c1C. The Balaban J connectivity index is 1.60. The van der Waals surface area contributed by atoms with Crippen molar-refractivity contribution >= 4 is 23.5 Å². The lowest BCUT2D eigenvalue weighted by atomic mass is 10.2. The lowest BCUT2D eigenvalue weighted by molar-refractivity contribution is -0.140. The number of ketones is 1. The number of ether oxygens (including phenoxy) is 1. The molecule has 0 aliphatic heterocycles. The zero-order valence-electron chi connectivity index (χ0n) is 15.9. The molecule has 0 aliphatic rings. The number of aromatic nitrogens is 3. The monoisotopic (exact) mass is 403 g/mol. The van der Waals surface area contributed by atoms with Gasteiger partial charge in [-0.1, -0.05) is 11.8 Å². The molecule has 0 radical (unpaired) electrons. The summed E-state index contributed by atoms with van der Waals surface area (Å²) in [5.74, 6) is 0.704.